The molecule has 1 saturated heterocycles. The Morgan fingerprint density at radius 1 is 1.23 bits per heavy atom. The molecule has 0 aromatic carbocycles. The predicted molar refractivity (Wildman–Crippen MR) is 58.8 cm³/mol. The predicted octanol–water partition coefficient (Wildman–Crippen LogP) is 2.85. The fraction of sp³-hybridized carbons (Fsp3) is 0.667. The van der Waals surface area contributed by atoms with Crippen molar-refractivity contribution in [2.75, 3.05) is 19.6 Å². The minimum Gasteiger partial charge on any atom is -0.302 e. The van der Waals surface area contributed by atoms with Crippen molar-refractivity contribution >= 4 is 0 Å². The van der Waals surface area contributed by atoms with Crippen molar-refractivity contribution in [2.24, 2.45) is 5.41 Å². The van der Waals surface area contributed by atoms with Crippen molar-refractivity contribution in [3.05, 3.63) is 24.3 Å². The van der Waals surface area contributed by atoms with Gasteiger partial charge in [-0.15, -0.1) is 0 Å². The highest BCUT2D eigenvalue weighted by Gasteiger charge is 2.32. The molecule has 0 atom stereocenters. The van der Waals surface area contributed by atoms with E-state index in [4.69, 9.17) is 0 Å². The van der Waals surface area contributed by atoms with Crippen molar-refractivity contribution in [1.82, 2.24) is 4.90 Å². The van der Waals surface area contributed by atoms with Crippen LogP contribution in [0, 0.1) is 5.41 Å². The average Bonchev–Trinajstić information content (AvgIpc) is 2.50. The molecule has 1 nitrogen and oxygen atoms in total. The van der Waals surface area contributed by atoms with E-state index in [1.165, 1.54) is 26.1 Å². The molecule has 1 fully saturated rings. The van der Waals surface area contributed by atoms with Crippen LogP contribution in [0.3, 0.4) is 0 Å². The second-order valence-electron chi connectivity index (χ2n) is 3.85. The zero-order chi connectivity index (χ0) is 9.73. The Bertz CT molecular complexity index is 191. The van der Waals surface area contributed by atoms with E-state index < -0.39 is 0 Å². The zero-order valence-corrected chi connectivity index (χ0v) is 9.09. The fourth-order valence-electron chi connectivity index (χ4n) is 2.20. The van der Waals surface area contributed by atoms with E-state index in [0.29, 0.717) is 5.41 Å². The van der Waals surface area contributed by atoms with Gasteiger partial charge >= 0.3 is 0 Å². The van der Waals surface area contributed by atoms with Crippen LogP contribution < -0.4 is 0 Å². The lowest BCUT2D eigenvalue weighted by atomic mass is 9.86. The molecule has 0 bridgehead atoms. The molecule has 0 spiro atoms. The summed E-state index contributed by atoms with van der Waals surface area (Å²) in [5, 5.41) is 0. The highest BCUT2D eigenvalue weighted by molar-refractivity contribution is 5.14. The Morgan fingerprint density at radius 2 is 1.85 bits per heavy atom. The SMILES string of the molecule is CC=CC1(C=CC)CCN(CC)C1. The third kappa shape index (κ3) is 2.44. The normalized spacial score (nSPS) is 31.0. The second kappa shape index (κ2) is 4.61. The van der Waals surface area contributed by atoms with Crippen molar-refractivity contribution in [2.45, 2.75) is 27.2 Å². The Morgan fingerprint density at radius 3 is 2.23 bits per heavy atom. The first-order valence-corrected chi connectivity index (χ1v) is 5.26. The first kappa shape index (κ1) is 10.5. The number of allylic oxidation sites excluding steroid dienone is 2. The molecule has 1 rings (SSSR count). The van der Waals surface area contributed by atoms with Crippen LogP contribution in [-0.2, 0) is 0 Å². The van der Waals surface area contributed by atoms with Crippen LogP contribution in [0.25, 0.3) is 0 Å². The Labute approximate surface area is 82.1 Å². The first-order valence-electron chi connectivity index (χ1n) is 5.26. The maximum absolute atomic E-state index is 2.51. The van der Waals surface area contributed by atoms with Gasteiger partial charge in [0.2, 0.25) is 0 Å². The van der Waals surface area contributed by atoms with Crippen LogP contribution in [-0.4, -0.2) is 24.5 Å². The van der Waals surface area contributed by atoms with E-state index in [2.05, 4.69) is 50.0 Å². The second-order valence-corrected chi connectivity index (χ2v) is 3.85. The summed E-state index contributed by atoms with van der Waals surface area (Å²) in [6.45, 7) is 10.1. The van der Waals surface area contributed by atoms with Gasteiger partial charge in [0.05, 0.1) is 0 Å². The minimum atomic E-state index is 0.333. The topological polar surface area (TPSA) is 3.24 Å². The van der Waals surface area contributed by atoms with Gasteiger partial charge in [0.25, 0.3) is 0 Å². The van der Waals surface area contributed by atoms with Gasteiger partial charge in [-0.1, -0.05) is 31.2 Å². The molecule has 1 aliphatic heterocycles. The molecule has 0 amide bonds. The Hall–Kier alpha value is -0.560. The molecule has 13 heavy (non-hydrogen) atoms. The van der Waals surface area contributed by atoms with Gasteiger partial charge in [0, 0.05) is 12.0 Å². The highest BCUT2D eigenvalue weighted by Crippen LogP contribution is 2.33. The van der Waals surface area contributed by atoms with Crippen LogP contribution in [0.5, 0.6) is 0 Å². The first-order chi connectivity index (χ1) is 6.26. The number of hydrogen-bond acceptors (Lipinski definition) is 1. The minimum absolute atomic E-state index is 0.333. The van der Waals surface area contributed by atoms with Crippen LogP contribution in [0.4, 0.5) is 0 Å². The van der Waals surface area contributed by atoms with Crippen molar-refractivity contribution < 1.29 is 0 Å². The largest absolute Gasteiger partial charge is 0.302 e. The molecule has 0 saturated carbocycles. The Balaban J connectivity index is 2.71. The lowest BCUT2D eigenvalue weighted by Gasteiger charge is -2.21. The van der Waals surface area contributed by atoms with E-state index >= 15 is 0 Å². The van der Waals surface area contributed by atoms with Crippen LogP contribution in [0.2, 0.25) is 0 Å². The fourth-order valence-corrected chi connectivity index (χ4v) is 2.20. The van der Waals surface area contributed by atoms with E-state index in [-0.39, 0.29) is 0 Å². The summed E-state index contributed by atoms with van der Waals surface area (Å²) < 4.78 is 0. The van der Waals surface area contributed by atoms with Crippen LogP contribution in [0.15, 0.2) is 24.3 Å². The summed E-state index contributed by atoms with van der Waals surface area (Å²) in [5.41, 5.74) is 0.333. The van der Waals surface area contributed by atoms with Gasteiger partial charge in [-0.25, -0.2) is 0 Å². The van der Waals surface area contributed by atoms with Gasteiger partial charge in [-0.2, -0.15) is 0 Å². The maximum Gasteiger partial charge on any atom is 0.0201 e. The zero-order valence-electron chi connectivity index (χ0n) is 9.09. The molecule has 74 valence electrons. The Kier molecular flexibility index (Phi) is 3.73. The monoisotopic (exact) mass is 179 g/mol. The standard InChI is InChI=1S/C12H21N/c1-4-7-12(8-5-2)9-10-13(6-3)11-12/h4-5,7-8H,6,9-11H2,1-3H3. The van der Waals surface area contributed by atoms with Gasteiger partial charge in [0.15, 0.2) is 0 Å². The molecule has 1 heterocycles. The third-order valence-corrected chi connectivity index (χ3v) is 2.86. The smallest absolute Gasteiger partial charge is 0.0201 e. The van der Waals surface area contributed by atoms with Crippen molar-refractivity contribution in [3.63, 3.8) is 0 Å². The molecular formula is C12H21N. The van der Waals surface area contributed by atoms with Gasteiger partial charge in [0.1, 0.15) is 0 Å². The molecule has 0 aliphatic carbocycles. The molecule has 0 radical (unpaired) electrons. The lowest BCUT2D eigenvalue weighted by molar-refractivity contribution is 0.335. The van der Waals surface area contributed by atoms with Crippen LogP contribution >= 0.6 is 0 Å². The molecular weight excluding hydrogens is 158 g/mol. The maximum atomic E-state index is 2.51. The molecule has 0 N–H and O–H groups in total. The molecule has 0 aromatic rings. The lowest BCUT2D eigenvalue weighted by Crippen LogP contribution is -2.24. The summed E-state index contributed by atoms with van der Waals surface area (Å²) in [6, 6.07) is 0. The van der Waals surface area contributed by atoms with E-state index in [9.17, 15) is 0 Å². The molecule has 0 aromatic heterocycles. The number of hydrogen-bond donors (Lipinski definition) is 0. The van der Waals surface area contributed by atoms with E-state index in [0.717, 1.165) is 0 Å². The van der Waals surface area contributed by atoms with E-state index in [1.807, 2.05) is 0 Å². The third-order valence-electron chi connectivity index (χ3n) is 2.86. The van der Waals surface area contributed by atoms with Gasteiger partial charge in [-0.05, 0) is 33.4 Å². The summed E-state index contributed by atoms with van der Waals surface area (Å²) in [6.07, 6.45) is 10.3. The van der Waals surface area contributed by atoms with Crippen molar-refractivity contribution in [1.29, 1.82) is 0 Å². The van der Waals surface area contributed by atoms with Gasteiger partial charge in [-0.3, -0.25) is 0 Å². The summed E-state index contributed by atoms with van der Waals surface area (Å²) in [5.74, 6) is 0. The number of rotatable bonds is 3. The van der Waals surface area contributed by atoms with Crippen LogP contribution in [0.1, 0.15) is 27.2 Å². The molecule has 1 aliphatic rings. The molecule has 1 heteroatoms. The average molecular weight is 179 g/mol. The summed E-state index contributed by atoms with van der Waals surface area (Å²) >= 11 is 0. The van der Waals surface area contributed by atoms with E-state index in [1.54, 1.807) is 0 Å². The quantitative estimate of drug-likeness (QED) is 0.602. The number of nitrogens with zero attached hydrogens (tertiary/aromatic N) is 1. The summed E-state index contributed by atoms with van der Waals surface area (Å²) in [4.78, 5) is 2.51. The highest BCUT2D eigenvalue weighted by atomic mass is 15.1. The molecule has 0 unspecified atom stereocenters. The van der Waals surface area contributed by atoms with Crippen molar-refractivity contribution in [3.8, 4) is 0 Å². The van der Waals surface area contributed by atoms with Gasteiger partial charge < -0.3 is 4.90 Å². The number of likely N-dealkylation sites (tertiary alicyclic amines) is 1. The summed E-state index contributed by atoms with van der Waals surface area (Å²) in [7, 11) is 0.